The molecule has 1 amide bonds. The molecule has 0 bridgehead atoms. The highest BCUT2D eigenvalue weighted by Crippen LogP contribution is 2.13. The quantitative estimate of drug-likeness (QED) is 0.649. The molecule has 0 fully saturated rings. The first-order valence-corrected chi connectivity index (χ1v) is 6.65. The van der Waals surface area contributed by atoms with Crippen molar-refractivity contribution in [2.45, 2.75) is 39.7 Å². The largest absolute Gasteiger partial charge is 0.369 e. The van der Waals surface area contributed by atoms with E-state index in [9.17, 15) is 4.79 Å². The molecule has 1 aromatic rings. The van der Waals surface area contributed by atoms with E-state index in [2.05, 4.69) is 18.8 Å². The van der Waals surface area contributed by atoms with E-state index in [1.54, 1.807) is 0 Å². The molecule has 1 heterocycles. The number of rotatable bonds is 7. The van der Waals surface area contributed by atoms with E-state index in [1.165, 1.54) is 0 Å². The van der Waals surface area contributed by atoms with E-state index in [0.29, 0.717) is 23.7 Å². The van der Waals surface area contributed by atoms with Crippen LogP contribution in [0.2, 0.25) is 0 Å². The van der Waals surface area contributed by atoms with Gasteiger partial charge in [0.25, 0.3) is 0 Å². The van der Waals surface area contributed by atoms with Crippen LogP contribution >= 0.6 is 12.2 Å². The number of aromatic amines is 1. The summed E-state index contributed by atoms with van der Waals surface area (Å²) in [6, 6.07) is 0. The molecule has 0 atom stereocenters. The predicted octanol–water partition coefficient (Wildman–Crippen LogP) is 1.12. The Kier molecular flexibility index (Phi) is 5.55. The molecular formula is C12H22N4OS. The van der Waals surface area contributed by atoms with Gasteiger partial charge in [0.1, 0.15) is 0 Å². The molecule has 0 unspecified atom stereocenters. The summed E-state index contributed by atoms with van der Waals surface area (Å²) < 4.78 is 2.69. The lowest BCUT2D eigenvalue weighted by atomic mass is 10.1. The first-order valence-electron chi connectivity index (χ1n) is 6.24. The van der Waals surface area contributed by atoms with Gasteiger partial charge in [0, 0.05) is 24.4 Å². The lowest BCUT2D eigenvalue weighted by Gasteiger charge is -2.10. The fraction of sp³-hybridized carbons (Fsp3) is 0.667. The van der Waals surface area contributed by atoms with Crippen molar-refractivity contribution >= 4 is 18.1 Å². The molecule has 0 radical (unpaired) electrons. The number of carbonyl (C=O) groups excluding carboxylic acids is 1. The molecule has 102 valence electrons. The van der Waals surface area contributed by atoms with Gasteiger partial charge in [-0.3, -0.25) is 4.79 Å². The average molecular weight is 270 g/mol. The lowest BCUT2D eigenvalue weighted by molar-refractivity contribution is -0.117. The number of carbonyl (C=O) groups is 1. The third-order valence-electron chi connectivity index (χ3n) is 2.84. The highest BCUT2D eigenvalue weighted by Gasteiger charge is 2.13. The van der Waals surface area contributed by atoms with E-state index in [4.69, 9.17) is 23.7 Å². The molecule has 1 rings (SSSR count). The zero-order valence-corrected chi connectivity index (χ0v) is 11.8. The fourth-order valence-electron chi connectivity index (χ4n) is 1.92. The summed E-state index contributed by atoms with van der Waals surface area (Å²) in [4.78, 5) is 14.1. The zero-order chi connectivity index (χ0) is 13.7. The van der Waals surface area contributed by atoms with E-state index >= 15 is 0 Å². The van der Waals surface area contributed by atoms with Crippen LogP contribution in [-0.2, 0) is 24.2 Å². The van der Waals surface area contributed by atoms with Gasteiger partial charge < -0.3 is 21.0 Å². The molecule has 0 aliphatic heterocycles. The van der Waals surface area contributed by atoms with Crippen molar-refractivity contribution in [1.29, 1.82) is 0 Å². The molecule has 5 nitrogen and oxygen atoms in total. The summed E-state index contributed by atoms with van der Waals surface area (Å²) in [6.45, 7) is 5.72. The van der Waals surface area contributed by atoms with E-state index < -0.39 is 0 Å². The Hall–Kier alpha value is -1.14. The Morgan fingerprint density at radius 3 is 2.67 bits per heavy atom. The SMILES string of the molecule is CC(C)CCn1c(CCN)c(CC(N)=O)[nH]c1=S. The van der Waals surface area contributed by atoms with E-state index in [0.717, 1.165) is 24.4 Å². The summed E-state index contributed by atoms with van der Waals surface area (Å²) in [5.74, 6) is 0.243. The molecule has 6 heteroatoms. The maximum absolute atomic E-state index is 11.0. The van der Waals surface area contributed by atoms with Crippen LogP contribution in [0, 0.1) is 10.7 Å². The van der Waals surface area contributed by atoms with E-state index in [1.807, 2.05) is 4.57 Å². The first-order chi connectivity index (χ1) is 8.45. The van der Waals surface area contributed by atoms with Crippen molar-refractivity contribution in [1.82, 2.24) is 9.55 Å². The fourth-order valence-corrected chi connectivity index (χ4v) is 2.25. The minimum absolute atomic E-state index is 0.188. The highest BCUT2D eigenvalue weighted by molar-refractivity contribution is 7.71. The van der Waals surface area contributed by atoms with Gasteiger partial charge in [-0.2, -0.15) is 0 Å². The number of imidazole rings is 1. The van der Waals surface area contributed by atoms with Crippen LogP contribution in [0.1, 0.15) is 31.7 Å². The molecule has 0 saturated heterocycles. The van der Waals surface area contributed by atoms with Crippen LogP contribution in [0.4, 0.5) is 0 Å². The van der Waals surface area contributed by atoms with Crippen LogP contribution in [-0.4, -0.2) is 22.0 Å². The number of amides is 1. The van der Waals surface area contributed by atoms with Crippen LogP contribution in [0.3, 0.4) is 0 Å². The van der Waals surface area contributed by atoms with Crippen molar-refractivity contribution in [3.8, 4) is 0 Å². The van der Waals surface area contributed by atoms with Gasteiger partial charge in [-0.1, -0.05) is 13.8 Å². The Morgan fingerprint density at radius 2 is 2.17 bits per heavy atom. The average Bonchev–Trinajstić information content (AvgIpc) is 2.52. The second-order valence-electron chi connectivity index (χ2n) is 4.87. The van der Waals surface area contributed by atoms with Gasteiger partial charge in [-0.05, 0) is 31.1 Å². The summed E-state index contributed by atoms with van der Waals surface area (Å²) in [5.41, 5.74) is 12.7. The maximum Gasteiger partial charge on any atom is 0.223 e. The molecule has 0 aliphatic carbocycles. The molecule has 0 aromatic carbocycles. The maximum atomic E-state index is 11.0. The summed E-state index contributed by atoms with van der Waals surface area (Å²) in [5, 5.41) is 0. The Bertz CT molecular complexity index is 461. The van der Waals surface area contributed by atoms with Crippen LogP contribution in [0.25, 0.3) is 0 Å². The van der Waals surface area contributed by atoms with Crippen LogP contribution in [0.15, 0.2) is 0 Å². The monoisotopic (exact) mass is 270 g/mol. The molecule has 0 saturated carbocycles. The number of nitrogens with two attached hydrogens (primary N) is 2. The summed E-state index contributed by atoms with van der Waals surface area (Å²) in [6.07, 6.45) is 1.93. The van der Waals surface area contributed by atoms with Gasteiger partial charge in [-0.15, -0.1) is 0 Å². The van der Waals surface area contributed by atoms with Crippen molar-refractivity contribution in [3.63, 3.8) is 0 Å². The second kappa shape index (κ2) is 6.70. The van der Waals surface area contributed by atoms with Crippen molar-refractivity contribution in [2.75, 3.05) is 6.54 Å². The minimum Gasteiger partial charge on any atom is -0.369 e. The normalized spacial score (nSPS) is 11.1. The van der Waals surface area contributed by atoms with Crippen molar-refractivity contribution in [3.05, 3.63) is 16.2 Å². The van der Waals surface area contributed by atoms with Crippen LogP contribution in [0.5, 0.6) is 0 Å². The number of hydrogen-bond donors (Lipinski definition) is 3. The van der Waals surface area contributed by atoms with Crippen LogP contribution < -0.4 is 11.5 Å². The van der Waals surface area contributed by atoms with Gasteiger partial charge in [-0.25, -0.2) is 0 Å². The Balaban J connectivity index is 3.02. The molecule has 0 aliphatic rings. The number of nitrogens with zero attached hydrogens (tertiary/aromatic N) is 1. The number of aromatic nitrogens is 2. The Morgan fingerprint density at radius 1 is 1.50 bits per heavy atom. The second-order valence-corrected chi connectivity index (χ2v) is 5.26. The molecule has 18 heavy (non-hydrogen) atoms. The molecular weight excluding hydrogens is 248 g/mol. The molecule has 0 spiro atoms. The van der Waals surface area contributed by atoms with Gasteiger partial charge in [0.05, 0.1) is 6.42 Å². The summed E-state index contributed by atoms with van der Waals surface area (Å²) >= 11 is 5.29. The number of hydrogen-bond acceptors (Lipinski definition) is 3. The Labute approximate surface area is 113 Å². The predicted molar refractivity (Wildman–Crippen MR) is 74.7 cm³/mol. The van der Waals surface area contributed by atoms with E-state index in [-0.39, 0.29) is 12.3 Å². The van der Waals surface area contributed by atoms with Gasteiger partial charge in [0.2, 0.25) is 5.91 Å². The summed E-state index contributed by atoms with van der Waals surface area (Å²) in [7, 11) is 0. The van der Waals surface area contributed by atoms with Crippen molar-refractivity contribution in [2.24, 2.45) is 17.4 Å². The standard InChI is InChI=1S/C12H22N4OS/c1-8(2)4-6-16-10(3-5-13)9(7-11(14)17)15-12(16)18/h8H,3-7,13H2,1-2H3,(H2,14,17)(H,15,18). The molecule has 1 aromatic heterocycles. The molecule has 5 N–H and O–H groups in total. The van der Waals surface area contributed by atoms with Crippen molar-refractivity contribution < 1.29 is 4.79 Å². The number of primary amides is 1. The number of nitrogens with one attached hydrogen (secondary N) is 1. The smallest absolute Gasteiger partial charge is 0.223 e. The number of H-pyrrole nitrogens is 1. The lowest BCUT2D eigenvalue weighted by Crippen LogP contribution is -2.17. The third-order valence-corrected chi connectivity index (χ3v) is 3.16. The van der Waals surface area contributed by atoms with Gasteiger partial charge in [0.15, 0.2) is 4.77 Å². The highest BCUT2D eigenvalue weighted by atomic mass is 32.1. The third kappa shape index (κ3) is 3.96. The van der Waals surface area contributed by atoms with Gasteiger partial charge >= 0.3 is 0 Å². The zero-order valence-electron chi connectivity index (χ0n) is 11.0. The topological polar surface area (TPSA) is 89.8 Å². The minimum atomic E-state index is -0.361. The first kappa shape index (κ1) is 14.9.